The monoisotopic (exact) mass is 305 g/mol. The van der Waals surface area contributed by atoms with Gasteiger partial charge in [0.15, 0.2) is 0 Å². The Balaban J connectivity index is 1.77. The summed E-state index contributed by atoms with van der Waals surface area (Å²) in [5.74, 6) is 1.60. The molecule has 0 fully saturated rings. The normalized spacial score (nSPS) is 10.4. The van der Waals surface area contributed by atoms with Crippen LogP contribution in [0.4, 0.5) is 0 Å². The molecule has 4 heteroatoms. The smallest absolute Gasteiger partial charge is 0.137 e. The second-order valence-corrected chi connectivity index (χ2v) is 5.15. The van der Waals surface area contributed by atoms with Gasteiger partial charge in [0.2, 0.25) is 0 Å². The molecule has 21 heavy (non-hydrogen) atoms. The van der Waals surface area contributed by atoms with Crippen molar-refractivity contribution >= 4 is 11.6 Å². The van der Waals surface area contributed by atoms with Crippen LogP contribution in [0.2, 0.25) is 5.02 Å². The van der Waals surface area contributed by atoms with Crippen molar-refractivity contribution < 1.29 is 9.47 Å². The van der Waals surface area contributed by atoms with E-state index in [1.165, 1.54) is 5.56 Å². The summed E-state index contributed by atoms with van der Waals surface area (Å²) in [4.78, 5) is 0. The summed E-state index contributed by atoms with van der Waals surface area (Å²) >= 11 is 6.10. The van der Waals surface area contributed by atoms with Crippen LogP contribution in [-0.2, 0) is 13.0 Å². The van der Waals surface area contributed by atoms with Gasteiger partial charge in [-0.1, -0.05) is 29.8 Å². The molecule has 0 aliphatic heterocycles. The van der Waals surface area contributed by atoms with Crippen LogP contribution in [-0.4, -0.2) is 20.8 Å². The Bertz CT molecular complexity index is 570. The number of ether oxygens (including phenoxy) is 2. The number of hydrogen-bond donors (Lipinski definition) is 1. The molecule has 0 aliphatic carbocycles. The highest BCUT2D eigenvalue weighted by molar-refractivity contribution is 6.32. The fourth-order valence-electron chi connectivity index (χ4n) is 2.08. The number of benzene rings is 2. The van der Waals surface area contributed by atoms with Gasteiger partial charge in [-0.15, -0.1) is 0 Å². The Labute approximate surface area is 130 Å². The minimum Gasteiger partial charge on any atom is -0.497 e. The van der Waals surface area contributed by atoms with Gasteiger partial charge in [0.1, 0.15) is 11.5 Å². The molecule has 2 aromatic carbocycles. The molecule has 1 N–H and O–H groups in total. The van der Waals surface area contributed by atoms with Crippen molar-refractivity contribution in [3.05, 3.63) is 58.6 Å². The molecular formula is C17H20ClNO2. The first-order valence-electron chi connectivity index (χ1n) is 6.89. The first-order chi connectivity index (χ1) is 10.2. The molecule has 112 valence electrons. The summed E-state index contributed by atoms with van der Waals surface area (Å²) < 4.78 is 10.3. The zero-order valence-electron chi connectivity index (χ0n) is 12.4. The Morgan fingerprint density at radius 2 is 1.67 bits per heavy atom. The molecule has 3 nitrogen and oxygen atoms in total. The maximum atomic E-state index is 6.10. The topological polar surface area (TPSA) is 30.5 Å². The van der Waals surface area contributed by atoms with Crippen molar-refractivity contribution in [2.75, 3.05) is 20.8 Å². The quantitative estimate of drug-likeness (QED) is 0.791. The first-order valence-corrected chi connectivity index (χ1v) is 7.27. The average Bonchev–Trinajstić information content (AvgIpc) is 2.52. The largest absolute Gasteiger partial charge is 0.497 e. The molecule has 0 bridgehead atoms. The molecule has 0 saturated heterocycles. The Morgan fingerprint density at radius 3 is 2.29 bits per heavy atom. The standard InChI is InChI=1S/C17H20ClNO2/c1-20-15-6-3-13(4-7-15)9-10-19-12-14-5-8-17(21-2)16(18)11-14/h3-8,11,19H,9-10,12H2,1-2H3. The molecule has 0 aliphatic rings. The van der Waals surface area contributed by atoms with Crippen molar-refractivity contribution in [2.24, 2.45) is 0 Å². The lowest BCUT2D eigenvalue weighted by atomic mass is 10.1. The van der Waals surface area contributed by atoms with Gasteiger partial charge in [-0.25, -0.2) is 0 Å². The van der Waals surface area contributed by atoms with E-state index in [-0.39, 0.29) is 0 Å². The van der Waals surface area contributed by atoms with E-state index in [9.17, 15) is 0 Å². The summed E-state index contributed by atoms with van der Waals surface area (Å²) in [6.45, 7) is 1.70. The summed E-state index contributed by atoms with van der Waals surface area (Å²) in [6.07, 6.45) is 0.980. The van der Waals surface area contributed by atoms with Crippen molar-refractivity contribution in [1.29, 1.82) is 0 Å². The summed E-state index contributed by atoms with van der Waals surface area (Å²) in [7, 11) is 3.30. The maximum absolute atomic E-state index is 6.10. The number of rotatable bonds is 7. The predicted octanol–water partition coefficient (Wildman–Crippen LogP) is 3.69. The van der Waals surface area contributed by atoms with Crippen LogP contribution in [0.3, 0.4) is 0 Å². The molecule has 0 saturated carbocycles. The molecule has 0 unspecified atom stereocenters. The summed E-state index contributed by atoms with van der Waals surface area (Å²) in [5, 5.41) is 4.06. The Kier molecular flexibility index (Phi) is 5.90. The third-order valence-electron chi connectivity index (χ3n) is 3.29. The zero-order chi connectivity index (χ0) is 15.1. The second kappa shape index (κ2) is 7.91. The van der Waals surface area contributed by atoms with Crippen LogP contribution in [0.5, 0.6) is 11.5 Å². The van der Waals surface area contributed by atoms with Gasteiger partial charge < -0.3 is 14.8 Å². The molecule has 0 heterocycles. The fourth-order valence-corrected chi connectivity index (χ4v) is 2.36. The highest BCUT2D eigenvalue weighted by atomic mass is 35.5. The van der Waals surface area contributed by atoms with Crippen molar-refractivity contribution in [3.8, 4) is 11.5 Å². The molecule has 0 amide bonds. The summed E-state index contributed by atoms with van der Waals surface area (Å²) in [6, 6.07) is 14.0. The Morgan fingerprint density at radius 1 is 0.952 bits per heavy atom. The minimum absolute atomic E-state index is 0.645. The molecule has 0 aromatic heterocycles. The molecule has 0 atom stereocenters. The molecule has 0 radical (unpaired) electrons. The number of nitrogens with one attached hydrogen (secondary N) is 1. The number of methoxy groups -OCH3 is 2. The van der Waals surface area contributed by atoms with Crippen molar-refractivity contribution in [3.63, 3.8) is 0 Å². The van der Waals surface area contributed by atoms with Gasteiger partial charge in [-0.2, -0.15) is 0 Å². The predicted molar refractivity (Wildman–Crippen MR) is 86.4 cm³/mol. The Hall–Kier alpha value is -1.71. The van der Waals surface area contributed by atoms with Gasteiger partial charge in [0, 0.05) is 6.54 Å². The SMILES string of the molecule is COc1ccc(CCNCc2ccc(OC)c(Cl)c2)cc1. The maximum Gasteiger partial charge on any atom is 0.137 e. The highest BCUT2D eigenvalue weighted by Crippen LogP contribution is 2.24. The van der Waals surface area contributed by atoms with Gasteiger partial charge in [0.05, 0.1) is 19.2 Å². The van der Waals surface area contributed by atoms with E-state index in [4.69, 9.17) is 21.1 Å². The van der Waals surface area contributed by atoms with E-state index in [1.807, 2.05) is 30.3 Å². The lowest BCUT2D eigenvalue weighted by molar-refractivity contribution is 0.414. The molecular weight excluding hydrogens is 286 g/mol. The van der Waals surface area contributed by atoms with Crippen LogP contribution in [0, 0.1) is 0 Å². The lowest BCUT2D eigenvalue weighted by Crippen LogP contribution is -2.16. The molecule has 0 spiro atoms. The van der Waals surface area contributed by atoms with Crippen LogP contribution in [0.1, 0.15) is 11.1 Å². The van der Waals surface area contributed by atoms with Gasteiger partial charge >= 0.3 is 0 Å². The molecule has 2 aromatic rings. The third kappa shape index (κ3) is 4.66. The van der Waals surface area contributed by atoms with E-state index in [0.717, 1.165) is 30.8 Å². The van der Waals surface area contributed by atoms with Crippen molar-refractivity contribution in [2.45, 2.75) is 13.0 Å². The molecule has 2 rings (SSSR count). The van der Waals surface area contributed by atoms with E-state index in [0.29, 0.717) is 10.8 Å². The number of halogens is 1. The second-order valence-electron chi connectivity index (χ2n) is 4.74. The zero-order valence-corrected chi connectivity index (χ0v) is 13.1. The first kappa shape index (κ1) is 15.7. The van der Waals surface area contributed by atoms with E-state index in [1.54, 1.807) is 14.2 Å². The minimum atomic E-state index is 0.645. The third-order valence-corrected chi connectivity index (χ3v) is 3.59. The summed E-state index contributed by atoms with van der Waals surface area (Å²) in [5.41, 5.74) is 2.44. The van der Waals surface area contributed by atoms with Gasteiger partial charge in [-0.05, 0) is 48.4 Å². The van der Waals surface area contributed by atoms with Crippen molar-refractivity contribution in [1.82, 2.24) is 5.32 Å². The van der Waals surface area contributed by atoms with Crippen LogP contribution in [0.25, 0.3) is 0 Å². The highest BCUT2D eigenvalue weighted by Gasteiger charge is 2.01. The van der Waals surface area contributed by atoms with Gasteiger partial charge in [-0.3, -0.25) is 0 Å². The number of hydrogen-bond acceptors (Lipinski definition) is 3. The van der Waals surface area contributed by atoms with Gasteiger partial charge in [0.25, 0.3) is 0 Å². The van der Waals surface area contributed by atoms with Crippen LogP contribution in [0.15, 0.2) is 42.5 Å². The van der Waals surface area contributed by atoms with E-state index in [2.05, 4.69) is 17.4 Å². The van der Waals surface area contributed by atoms with E-state index < -0.39 is 0 Å². The van der Waals surface area contributed by atoms with Crippen LogP contribution < -0.4 is 14.8 Å². The lowest BCUT2D eigenvalue weighted by Gasteiger charge is -2.08. The fraction of sp³-hybridized carbons (Fsp3) is 0.294. The van der Waals surface area contributed by atoms with E-state index >= 15 is 0 Å². The average molecular weight is 306 g/mol. The van der Waals surface area contributed by atoms with Crippen LogP contribution >= 0.6 is 11.6 Å².